The zero-order valence-corrected chi connectivity index (χ0v) is 15.5. The van der Waals surface area contributed by atoms with Crippen molar-refractivity contribution >= 4 is 33.3 Å². The molecular formula is C19H14BrN3OS. The van der Waals surface area contributed by atoms with E-state index in [-0.39, 0.29) is 5.75 Å². The first kappa shape index (κ1) is 16.2. The number of hydrogen-bond donors (Lipinski definition) is 1. The lowest BCUT2D eigenvalue weighted by Gasteiger charge is -2.03. The molecule has 0 aliphatic rings. The molecule has 0 unspecified atom stereocenters. The van der Waals surface area contributed by atoms with Gasteiger partial charge in [-0.15, -0.1) is 0 Å². The quantitative estimate of drug-likeness (QED) is 0.471. The minimum atomic E-state index is 0.199. The Morgan fingerprint density at radius 1 is 0.960 bits per heavy atom. The van der Waals surface area contributed by atoms with E-state index in [1.54, 1.807) is 28.4 Å². The second-order valence-corrected chi connectivity index (χ2v) is 7.23. The van der Waals surface area contributed by atoms with Gasteiger partial charge in [0.25, 0.3) is 0 Å². The maximum absolute atomic E-state index is 10.1. The van der Waals surface area contributed by atoms with Crippen LogP contribution in [0.3, 0.4) is 0 Å². The van der Waals surface area contributed by atoms with E-state index < -0.39 is 0 Å². The molecule has 124 valence electrons. The summed E-state index contributed by atoms with van der Waals surface area (Å²) in [4.78, 5) is 4.59. The predicted octanol–water partition coefficient (Wildman–Crippen LogP) is 5.16. The number of aromatic nitrogens is 3. The van der Waals surface area contributed by atoms with Crippen molar-refractivity contribution in [2.24, 2.45) is 0 Å². The molecule has 0 saturated carbocycles. The number of hydrogen-bond acceptors (Lipinski definition) is 4. The first-order valence-electron chi connectivity index (χ1n) is 7.73. The lowest BCUT2D eigenvalue weighted by molar-refractivity contribution is 0.477. The summed E-state index contributed by atoms with van der Waals surface area (Å²) >= 11 is 5.25. The molecule has 6 heteroatoms. The van der Waals surface area contributed by atoms with E-state index in [2.05, 4.69) is 38.1 Å². The fraction of sp³-hybridized carbons (Fsp3) is 0.0526. The maximum Gasteiger partial charge on any atom is 0.155 e. The minimum Gasteiger partial charge on any atom is -0.507 e. The molecule has 2 aromatic carbocycles. The van der Waals surface area contributed by atoms with Crippen molar-refractivity contribution in [1.82, 2.24) is 14.6 Å². The number of rotatable bonds is 4. The number of fused-ring (bicyclic) bond motifs is 1. The van der Waals surface area contributed by atoms with Gasteiger partial charge in [-0.25, -0.2) is 9.50 Å². The van der Waals surface area contributed by atoms with Gasteiger partial charge in [-0.2, -0.15) is 5.10 Å². The Morgan fingerprint density at radius 3 is 2.52 bits per heavy atom. The summed E-state index contributed by atoms with van der Waals surface area (Å²) in [6.07, 6.45) is 0. The van der Waals surface area contributed by atoms with E-state index in [1.807, 2.05) is 42.5 Å². The number of halogens is 1. The number of thioether (sulfide) groups is 1. The Bertz CT molecular complexity index is 1030. The molecule has 4 nitrogen and oxygen atoms in total. The molecule has 0 saturated heterocycles. The van der Waals surface area contributed by atoms with Gasteiger partial charge in [-0.1, -0.05) is 54.2 Å². The molecule has 2 heterocycles. The topological polar surface area (TPSA) is 50.4 Å². The highest BCUT2D eigenvalue weighted by atomic mass is 79.9. The summed E-state index contributed by atoms with van der Waals surface area (Å²) in [5.74, 6) is 1.06. The molecule has 0 amide bonds. The number of aromatic hydroxyl groups is 1. The van der Waals surface area contributed by atoms with E-state index in [0.717, 1.165) is 21.0 Å². The van der Waals surface area contributed by atoms with Crippen LogP contribution in [0.1, 0.15) is 5.56 Å². The van der Waals surface area contributed by atoms with Gasteiger partial charge < -0.3 is 5.11 Å². The normalized spacial score (nSPS) is 11.1. The smallest absolute Gasteiger partial charge is 0.155 e. The van der Waals surface area contributed by atoms with Gasteiger partial charge in [0.05, 0.1) is 0 Å². The van der Waals surface area contributed by atoms with Crippen molar-refractivity contribution in [3.05, 3.63) is 76.9 Å². The average Bonchev–Trinajstić information content (AvgIpc) is 2.97. The third kappa shape index (κ3) is 3.27. The van der Waals surface area contributed by atoms with Crippen molar-refractivity contribution in [2.45, 2.75) is 10.8 Å². The molecule has 4 rings (SSSR count). The summed E-state index contributed by atoms with van der Waals surface area (Å²) in [5.41, 5.74) is 3.34. The fourth-order valence-electron chi connectivity index (χ4n) is 2.54. The molecule has 0 atom stereocenters. The number of phenols is 1. The van der Waals surface area contributed by atoms with Crippen LogP contribution in [0.4, 0.5) is 0 Å². The lowest BCUT2D eigenvalue weighted by atomic mass is 10.1. The van der Waals surface area contributed by atoms with Crippen LogP contribution in [0.5, 0.6) is 5.75 Å². The van der Waals surface area contributed by atoms with E-state index in [0.29, 0.717) is 11.3 Å². The van der Waals surface area contributed by atoms with Crippen LogP contribution in [0.2, 0.25) is 0 Å². The molecule has 1 N–H and O–H groups in total. The SMILES string of the molecule is Oc1ccccc1-c1nc2ccc(SCc3ccccc3)nn2c1Br. The van der Waals surface area contributed by atoms with Crippen molar-refractivity contribution in [1.29, 1.82) is 0 Å². The summed E-state index contributed by atoms with van der Waals surface area (Å²) in [5, 5.41) is 15.7. The first-order valence-corrected chi connectivity index (χ1v) is 9.50. The fourth-order valence-corrected chi connectivity index (χ4v) is 3.92. The van der Waals surface area contributed by atoms with Gasteiger partial charge in [-0.3, -0.25) is 0 Å². The Balaban J connectivity index is 1.67. The van der Waals surface area contributed by atoms with E-state index in [1.165, 1.54) is 5.56 Å². The predicted molar refractivity (Wildman–Crippen MR) is 104 cm³/mol. The maximum atomic E-state index is 10.1. The number of imidazole rings is 1. The molecule has 0 bridgehead atoms. The van der Waals surface area contributed by atoms with Crippen molar-refractivity contribution in [3.8, 4) is 17.0 Å². The second-order valence-electron chi connectivity index (χ2n) is 5.48. The van der Waals surface area contributed by atoms with Gasteiger partial charge in [-0.05, 0) is 45.8 Å². The number of phenolic OH excluding ortho intramolecular Hbond substituents is 1. The van der Waals surface area contributed by atoms with E-state index >= 15 is 0 Å². The van der Waals surface area contributed by atoms with Gasteiger partial charge in [0.1, 0.15) is 21.1 Å². The summed E-state index contributed by atoms with van der Waals surface area (Å²) in [6, 6.07) is 21.4. The van der Waals surface area contributed by atoms with Crippen LogP contribution >= 0.6 is 27.7 Å². The second kappa shape index (κ2) is 6.90. The molecule has 0 radical (unpaired) electrons. The standard InChI is InChI=1S/C19H14BrN3OS/c20-19-18(14-8-4-5-9-15(14)24)21-16-10-11-17(22-23(16)19)25-12-13-6-2-1-3-7-13/h1-11,24H,12H2. The number of para-hydroxylation sites is 1. The van der Waals surface area contributed by atoms with Crippen LogP contribution < -0.4 is 0 Å². The van der Waals surface area contributed by atoms with Crippen molar-refractivity contribution < 1.29 is 5.11 Å². The van der Waals surface area contributed by atoms with Crippen LogP contribution in [-0.2, 0) is 5.75 Å². The number of nitrogens with zero attached hydrogens (tertiary/aromatic N) is 3. The zero-order valence-electron chi connectivity index (χ0n) is 13.1. The molecular weight excluding hydrogens is 398 g/mol. The molecule has 0 aliphatic carbocycles. The highest BCUT2D eigenvalue weighted by Crippen LogP contribution is 2.34. The van der Waals surface area contributed by atoms with Crippen molar-refractivity contribution in [2.75, 3.05) is 0 Å². The Kier molecular flexibility index (Phi) is 4.46. The monoisotopic (exact) mass is 411 g/mol. The molecule has 0 spiro atoms. The third-order valence-electron chi connectivity index (χ3n) is 3.79. The van der Waals surface area contributed by atoms with Crippen molar-refractivity contribution in [3.63, 3.8) is 0 Å². The molecule has 2 aromatic heterocycles. The minimum absolute atomic E-state index is 0.199. The Hall–Kier alpha value is -2.31. The summed E-state index contributed by atoms with van der Waals surface area (Å²) in [7, 11) is 0. The first-order chi connectivity index (χ1) is 12.2. The van der Waals surface area contributed by atoms with Gasteiger partial charge >= 0.3 is 0 Å². The van der Waals surface area contributed by atoms with Gasteiger partial charge in [0.2, 0.25) is 0 Å². The largest absolute Gasteiger partial charge is 0.507 e. The van der Waals surface area contributed by atoms with Gasteiger partial charge in [0, 0.05) is 11.3 Å². The molecule has 0 fully saturated rings. The molecule has 4 aromatic rings. The van der Waals surface area contributed by atoms with Crippen LogP contribution in [0.15, 0.2) is 76.4 Å². The Labute approximate surface area is 157 Å². The highest BCUT2D eigenvalue weighted by molar-refractivity contribution is 9.10. The van der Waals surface area contributed by atoms with Crippen LogP contribution in [-0.4, -0.2) is 19.7 Å². The van der Waals surface area contributed by atoms with E-state index in [9.17, 15) is 5.11 Å². The van der Waals surface area contributed by atoms with Crippen LogP contribution in [0, 0.1) is 0 Å². The van der Waals surface area contributed by atoms with E-state index in [4.69, 9.17) is 0 Å². The lowest BCUT2D eigenvalue weighted by Crippen LogP contribution is -1.94. The zero-order chi connectivity index (χ0) is 17.2. The molecule has 0 aliphatic heterocycles. The average molecular weight is 412 g/mol. The number of benzene rings is 2. The summed E-state index contributed by atoms with van der Waals surface area (Å²) < 4.78 is 2.49. The molecule has 25 heavy (non-hydrogen) atoms. The Morgan fingerprint density at radius 2 is 1.72 bits per heavy atom. The highest BCUT2D eigenvalue weighted by Gasteiger charge is 2.15. The van der Waals surface area contributed by atoms with Crippen LogP contribution in [0.25, 0.3) is 16.9 Å². The summed E-state index contributed by atoms with van der Waals surface area (Å²) in [6.45, 7) is 0. The van der Waals surface area contributed by atoms with Gasteiger partial charge in [0.15, 0.2) is 5.65 Å². The third-order valence-corrected chi connectivity index (χ3v) is 5.49.